The number of rotatable bonds is 5. The number of aromatic nitrogens is 1. The number of aromatic carboxylic acids is 1. The third kappa shape index (κ3) is 4.05. The molecule has 2 heterocycles. The van der Waals surface area contributed by atoms with Crippen LogP contribution in [-0.4, -0.2) is 60.2 Å². The first-order chi connectivity index (χ1) is 9.16. The number of anilines is 1. The Labute approximate surface area is 116 Å². The van der Waals surface area contributed by atoms with Crippen molar-refractivity contribution in [3.8, 4) is 0 Å². The zero-order valence-electron chi connectivity index (χ0n) is 10.5. The van der Waals surface area contributed by atoms with Crippen molar-refractivity contribution in [2.24, 2.45) is 0 Å². The molecule has 0 aromatic carbocycles. The van der Waals surface area contributed by atoms with E-state index in [0.29, 0.717) is 12.4 Å². The fourth-order valence-corrected chi connectivity index (χ4v) is 2.16. The fourth-order valence-electron chi connectivity index (χ4n) is 2.01. The monoisotopic (exact) mass is 284 g/mol. The molecule has 104 valence electrons. The number of carboxylic acids is 1. The minimum atomic E-state index is -1.01. The molecule has 3 N–H and O–H groups in total. The summed E-state index contributed by atoms with van der Waals surface area (Å²) in [5.41, 5.74) is 0.143. The van der Waals surface area contributed by atoms with Gasteiger partial charge in [-0.1, -0.05) is 11.6 Å². The number of carboxylic acid groups (broad SMARTS) is 1. The van der Waals surface area contributed by atoms with Crippen LogP contribution in [-0.2, 0) is 0 Å². The SMILES string of the molecule is O=C(O)c1ccc(Cl)nc1NCCN1CCNCC1. The molecule has 19 heavy (non-hydrogen) atoms. The van der Waals surface area contributed by atoms with E-state index >= 15 is 0 Å². The van der Waals surface area contributed by atoms with Crippen LogP contribution in [0.2, 0.25) is 5.15 Å². The van der Waals surface area contributed by atoms with Crippen molar-refractivity contribution < 1.29 is 9.90 Å². The summed E-state index contributed by atoms with van der Waals surface area (Å²) in [4.78, 5) is 17.4. The van der Waals surface area contributed by atoms with Gasteiger partial charge in [-0.3, -0.25) is 4.90 Å². The molecule has 0 bridgehead atoms. The summed E-state index contributed by atoms with van der Waals surface area (Å²) in [7, 11) is 0. The number of pyridine rings is 1. The predicted octanol–water partition coefficient (Wildman–Crippen LogP) is 0.750. The third-order valence-electron chi connectivity index (χ3n) is 3.02. The van der Waals surface area contributed by atoms with E-state index in [1.807, 2.05) is 0 Å². The number of hydrogen-bond acceptors (Lipinski definition) is 5. The van der Waals surface area contributed by atoms with E-state index in [1.54, 1.807) is 0 Å². The summed E-state index contributed by atoms with van der Waals surface area (Å²) in [6, 6.07) is 2.94. The number of piperazine rings is 1. The van der Waals surface area contributed by atoms with Crippen molar-refractivity contribution in [1.82, 2.24) is 15.2 Å². The lowest BCUT2D eigenvalue weighted by molar-refractivity contribution is 0.0697. The van der Waals surface area contributed by atoms with E-state index in [4.69, 9.17) is 16.7 Å². The second kappa shape index (κ2) is 6.70. The van der Waals surface area contributed by atoms with Crippen LogP contribution in [0.1, 0.15) is 10.4 Å². The molecule has 2 rings (SSSR count). The lowest BCUT2D eigenvalue weighted by Gasteiger charge is -2.27. The first-order valence-electron chi connectivity index (χ1n) is 6.23. The molecule has 1 saturated heterocycles. The minimum absolute atomic E-state index is 0.143. The quantitative estimate of drug-likeness (QED) is 0.693. The molecule has 7 heteroatoms. The van der Waals surface area contributed by atoms with Crippen LogP contribution < -0.4 is 10.6 Å². The molecule has 0 amide bonds. The Bertz CT molecular complexity index is 449. The molecule has 0 saturated carbocycles. The van der Waals surface area contributed by atoms with Gasteiger partial charge in [0.1, 0.15) is 16.5 Å². The molecule has 0 aliphatic carbocycles. The van der Waals surface area contributed by atoms with Crippen LogP contribution in [0.15, 0.2) is 12.1 Å². The predicted molar refractivity (Wildman–Crippen MR) is 74.0 cm³/mol. The molecule has 0 radical (unpaired) electrons. The highest BCUT2D eigenvalue weighted by Crippen LogP contribution is 2.16. The van der Waals surface area contributed by atoms with Crippen LogP contribution >= 0.6 is 11.6 Å². The Morgan fingerprint density at radius 3 is 2.89 bits per heavy atom. The molecule has 1 aliphatic rings. The minimum Gasteiger partial charge on any atom is -0.478 e. The summed E-state index contributed by atoms with van der Waals surface area (Å²) in [6.45, 7) is 5.51. The molecule has 1 aromatic heterocycles. The lowest BCUT2D eigenvalue weighted by atomic mass is 10.2. The van der Waals surface area contributed by atoms with E-state index in [-0.39, 0.29) is 10.7 Å². The second-order valence-corrected chi connectivity index (χ2v) is 4.74. The maximum absolute atomic E-state index is 11.1. The molecule has 0 spiro atoms. The second-order valence-electron chi connectivity index (χ2n) is 4.35. The maximum atomic E-state index is 11.1. The van der Waals surface area contributed by atoms with Gasteiger partial charge >= 0.3 is 5.97 Å². The molecule has 6 nitrogen and oxygen atoms in total. The van der Waals surface area contributed by atoms with Crippen molar-refractivity contribution in [2.75, 3.05) is 44.6 Å². The van der Waals surface area contributed by atoms with Crippen molar-refractivity contribution in [3.05, 3.63) is 22.8 Å². The first-order valence-corrected chi connectivity index (χ1v) is 6.61. The van der Waals surface area contributed by atoms with E-state index in [9.17, 15) is 4.79 Å². The molecule has 1 fully saturated rings. The highest BCUT2D eigenvalue weighted by atomic mass is 35.5. The highest BCUT2D eigenvalue weighted by molar-refractivity contribution is 6.29. The highest BCUT2D eigenvalue weighted by Gasteiger charge is 2.13. The Morgan fingerprint density at radius 2 is 2.21 bits per heavy atom. The topological polar surface area (TPSA) is 77.5 Å². The third-order valence-corrected chi connectivity index (χ3v) is 3.23. The summed E-state index contributed by atoms with van der Waals surface area (Å²) in [6.07, 6.45) is 0. The normalized spacial score (nSPS) is 16.3. The number of nitrogens with zero attached hydrogens (tertiary/aromatic N) is 2. The van der Waals surface area contributed by atoms with Crippen LogP contribution in [0.25, 0.3) is 0 Å². The number of hydrogen-bond donors (Lipinski definition) is 3. The standard InChI is InChI=1S/C12H17ClN4O2/c13-10-2-1-9(12(18)19)11(16-10)15-5-8-17-6-3-14-4-7-17/h1-2,14H,3-8H2,(H,15,16)(H,18,19). The first kappa shape index (κ1) is 14.0. The van der Waals surface area contributed by atoms with Crippen LogP contribution in [0.5, 0.6) is 0 Å². The molecular weight excluding hydrogens is 268 g/mol. The van der Waals surface area contributed by atoms with Crippen LogP contribution in [0.4, 0.5) is 5.82 Å². The summed E-state index contributed by atoms with van der Waals surface area (Å²) in [5, 5.41) is 15.7. The van der Waals surface area contributed by atoms with Gasteiger partial charge in [-0.25, -0.2) is 9.78 Å². The summed E-state index contributed by atoms with van der Waals surface area (Å²) >= 11 is 5.79. The van der Waals surface area contributed by atoms with Crippen molar-refractivity contribution in [1.29, 1.82) is 0 Å². The van der Waals surface area contributed by atoms with Gasteiger partial charge in [0.15, 0.2) is 0 Å². The van der Waals surface area contributed by atoms with E-state index < -0.39 is 5.97 Å². The average molecular weight is 285 g/mol. The largest absolute Gasteiger partial charge is 0.478 e. The molecule has 1 aromatic rings. The zero-order chi connectivity index (χ0) is 13.7. The fraction of sp³-hybridized carbons (Fsp3) is 0.500. The maximum Gasteiger partial charge on any atom is 0.339 e. The van der Waals surface area contributed by atoms with E-state index in [1.165, 1.54) is 12.1 Å². The van der Waals surface area contributed by atoms with E-state index in [2.05, 4.69) is 20.5 Å². The van der Waals surface area contributed by atoms with Crippen LogP contribution in [0.3, 0.4) is 0 Å². The van der Waals surface area contributed by atoms with Gasteiger partial charge in [-0.15, -0.1) is 0 Å². The molecular formula is C12H17ClN4O2. The zero-order valence-corrected chi connectivity index (χ0v) is 11.3. The van der Waals surface area contributed by atoms with Gasteiger partial charge in [0.2, 0.25) is 0 Å². The average Bonchev–Trinajstić information content (AvgIpc) is 2.39. The smallest absolute Gasteiger partial charge is 0.339 e. The van der Waals surface area contributed by atoms with Crippen molar-refractivity contribution in [3.63, 3.8) is 0 Å². The van der Waals surface area contributed by atoms with Crippen molar-refractivity contribution in [2.45, 2.75) is 0 Å². The van der Waals surface area contributed by atoms with Crippen LogP contribution in [0, 0.1) is 0 Å². The lowest BCUT2D eigenvalue weighted by Crippen LogP contribution is -2.45. The van der Waals surface area contributed by atoms with Gasteiger partial charge in [0.25, 0.3) is 0 Å². The van der Waals surface area contributed by atoms with Gasteiger partial charge < -0.3 is 15.7 Å². The Morgan fingerprint density at radius 1 is 1.47 bits per heavy atom. The van der Waals surface area contributed by atoms with Gasteiger partial charge in [0, 0.05) is 39.3 Å². The number of carbonyl (C=O) groups is 1. The Hall–Kier alpha value is -1.37. The van der Waals surface area contributed by atoms with E-state index in [0.717, 1.165) is 32.7 Å². The van der Waals surface area contributed by atoms with Gasteiger partial charge in [-0.05, 0) is 12.1 Å². The molecule has 0 unspecified atom stereocenters. The molecule has 1 aliphatic heterocycles. The van der Waals surface area contributed by atoms with Crippen molar-refractivity contribution >= 4 is 23.4 Å². The summed E-state index contributed by atoms with van der Waals surface area (Å²) < 4.78 is 0. The Balaban J connectivity index is 1.91. The van der Waals surface area contributed by atoms with Gasteiger partial charge in [0.05, 0.1) is 0 Å². The van der Waals surface area contributed by atoms with Gasteiger partial charge in [-0.2, -0.15) is 0 Å². The number of halogens is 1. The Kier molecular flexibility index (Phi) is 4.95. The summed E-state index contributed by atoms with van der Waals surface area (Å²) in [5.74, 6) is -0.677. The molecule has 0 atom stereocenters. The number of nitrogens with one attached hydrogen (secondary N) is 2.